The van der Waals surface area contributed by atoms with E-state index < -0.39 is 0 Å². The van der Waals surface area contributed by atoms with Gasteiger partial charge in [0.2, 0.25) is 5.91 Å². The lowest BCUT2D eigenvalue weighted by molar-refractivity contribution is -0.123. The number of carbonyl (C=O) groups excluding carboxylic acids is 1. The Kier molecular flexibility index (Phi) is 4.91. The van der Waals surface area contributed by atoms with Crippen LogP contribution in [0, 0.1) is 12.7 Å². The Morgan fingerprint density at radius 1 is 1.47 bits per heavy atom. The van der Waals surface area contributed by atoms with Crippen LogP contribution in [0.4, 0.5) is 4.39 Å². The van der Waals surface area contributed by atoms with Gasteiger partial charge in [0.05, 0.1) is 6.04 Å². The van der Waals surface area contributed by atoms with Crippen LogP contribution in [0.2, 0.25) is 0 Å². The van der Waals surface area contributed by atoms with Gasteiger partial charge in [-0.1, -0.05) is 12.5 Å². The number of benzene rings is 1. The van der Waals surface area contributed by atoms with Crippen molar-refractivity contribution in [1.29, 1.82) is 0 Å². The van der Waals surface area contributed by atoms with Crippen molar-refractivity contribution in [3.05, 3.63) is 35.1 Å². The third kappa shape index (κ3) is 4.03. The number of piperidine rings is 1. The zero-order chi connectivity index (χ0) is 13.7. The van der Waals surface area contributed by atoms with Crippen molar-refractivity contribution in [3.8, 4) is 0 Å². The molecule has 2 N–H and O–H groups in total. The summed E-state index contributed by atoms with van der Waals surface area (Å²) < 4.78 is 13.0. The topological polar surface area (TPSA) is 41.1 Å². The lowest BCUT2D eigenvalue weighted by atomic mass is 10.0. The number of nitrogens with one attached hydrogen (secondary N) is 2. The van der Waals surface area contributed by atoms with Crippen molar-refractivity contribution in [1.82, 2.24) is 10.6 Å². The fourth-order valence-electron chi connectivity index (χ4n) is 2.46. The molecule has 0 radical (unpaired) electrons. The average Bonchev–Trinajstić information content (AvgIpc) is 2.42. The molecule has 1 saturated heterocycles. The lowest BCUT2D eigenvalue weighted by Gasteiger charge is -2.22. The first-order valence-corrected chi connectivity index (χ1v) is 6.93. The highest BCUT2D eigenvalue weighted by Gasteiger charge is 2.19. The monoisotopic (exact) mass is 264 g/mol. The molecule has 1 amide bonds. The van der Waals surface area contributed by atoms with Gasteiger partial charge in [-0.2, -0.15) is 0 Å². The molecule has 0 unspecified atom stereocenters. The molecule has 1 aromatic rings. The number of hydrogen-bond acceptors (Lipinski definition) is 2. The summed E-state index contributed by atoms with van der Waals surface area (Å²) in [5.74, 6) is -0.129. The molecule has 1 aliphatic rings. The molecular weight excluding hydrogens is 243 g/mol. The van der Waals surface area contributed by atoms with Crippen LogP contribution in [0.3, 0.4) is 0 Å². The number of hydrogen-bond donors (Lipinski definition) is 2. The number of aryl methyl sites for hydroxylation is 1. The molecule has 1 heterocycles. The predicted octanol–water partition coefficient (Wildman–Crippen LogP) is 1.93. The summed E-state index contributed by atoms with van der Waals surface area (Å²) in [5, 5.41) is 6.17. The van der Waals surface area contributed by atoms with Gasteiger partial charge in [0.15, 0.2) is 0 Å². The molecule has 0 spiro atoms. The van der Waals surface area contributed by atoms with E-state index in [1.807, 2.05) is 6.92 Å². The van der Waals surface area contributed by atoms with Gasteiger partial charge in [0, 0.05) is 6.54 Å². The summed E-state index contributed by atoms with van der Waals surface area (Å²) in [6.07, 6.45) is 3.92. The third-order valence-electron chi connectivity index (χ3n) is 3.63. The van der Waals surface area contributed by atoms with Gasteiger partial charge in [-0.25, -0.2) is 4.39 Å². The van der Waals surface area contributed by atoms with E-state index in [1.165, 1.54) is 12.1 Å². The van der Waals surface area contributed by atoms with E-state index in [4.69, 9.17) is 0 Å². The van der Waals surface area contributed by atoms with Gasteiger partial charge >= 0.3 is 0 Å². The molecule has 0 saturated carbocycles. The summed E-state index contributed by atoms with van der Waals surface area (Å²) >= 11 is 0. The maximum atomic E-state index is 13.0. The minimum atomic E-state index is -0.211. The highest BCUT2D eigenvalue weighted by Crippen LogP contribution is 2.10. The molecule has 4 heteroatoms. The fraction of sp³-hybridized carbons (Fsp3) is 0.533. The Balaban J connectivity index is 1.78. The molecule has 1 aromatic carbocycles. The Morgan fingerprint density at radius 3 is 3.00 bits per heavy atom. The zero-order valence-corrected chi connectivity index (χ0v) is 11.3. The Bertz CT molecular complexity index is 442. The van der Waals surface area contributed by atoms with Crippen molar-refractivity contribution in [2.24, 2.45) is 0 Å². The first-order valence-electron chi connectivity index (χ1n) is 6.93. The molecule has 0 aromatic heterocycles. The summed E-state index contributed by atoms with van der Waals surface area (Å²) in [5.41, 5.74) is 2.02. The minimum absolute atomic E-state index is 0.0388. The first-order chi connectivity index (χ1) is 9.16. The SMILES string of the molecule is Cc1cc(F)ccc1CCNC(=O)[C@@H]1CCCCN1. The molecule has 0 bridgehead atoms. The van der Waals surface area contributed by atoms with Crippen LogP contribution in [-0.4, -0.2) is 25.0 Å². The molecule has 104 valence electrons. The van der Waals surface area contributed by atoms with Crippen LogP contribution in [0.1, 0.15) is 30.4 Å². The molecule has 1 atom stereocenters. The van der Waals surface area contributed by atoms with Gasteiger partial charge in [-0.05, 0) is 56.0 Å². The maximum absolute atomic E-state index is 13.0. The summed E-state index contributed by atoms with van der Waals surface area (Å²) in [7, 11) is 0. The number of halogens is 1. The largest absolute Gasteiger partial charge is 0.354 e. The van der Waals surface area contributed by atoms with Gasteiger partial charge in [-0.15, -0.1) is 0 Å². The quantitative estimate of drug-likeness (QED) is 0.872. The van der Waals surface area contributed by atoms with E-state index in [2.05, 4.69) is 10.6 Å². The molecule has 1 fully saturated rings. The van der Waals surface area contributed by atoms with E-state index in [1.54, 1.807) is 6.07 Å². The second kappa shape index (κ2) is 6.66. The zero-order valence-electron chi connectivity index (χ0n) is 11.3. The Labute approximate surface area is 113 Å². The van der Waals surface area contributed by atoms with Gasteiger partial charge < -0.3 is 10.6 Å². The van der Waals surface area contributed by atoms with E-state index in [9.17, 15) is 9.18 Å². The predicted molar refractivity (Wildman–Crippen MR) is 73.5 cm³/mol. The Hall–Kier alpha value is -1.42. The summed E-state index contributed by atoms with van der Waals surface area (Å²) in [6, 6.07) is 4.74. The molecule has 2 rings (SSSR count). The van der Waals surface area contributed by atoms with E-state index >= 15 is 0 Å². The van der Waals surface area contributed by atoms with Crippen molar-refractivity contribution in [2.45, 2.75) is 38.6 Å². The Morgan fingerprint density at radius 2 is 2.32 bits per heavy atom. The third-order valence-corrected chi connectivity index (χ3v) is 3.63. The van der Waals surface area contributed by atoms with Crippen LogP contribution < -0.4 is 10.6 Å². The van der Waals surface area contributed by atoms with Crippen molar-refractivity contribution >= 4 is 5.91 Å². The summed E-state index contributed by atoms with van der Waals surface area (Å²) in [4.78, 5) is 11.9. The highest BCUT2D eigenvalue weighted by atomic mass is 19.1. The minimum Gasteiger partial charge on any atom is -0.354 e. The van der Waals surface area contributed by atoms with Gasteiger partial charge in [0.1, 0.15) is 5.82 Å². The number of amides is 1. The van der Waals surface area contributed by atoms with Crippen molar-refractivity contribution < 1.29 is 9.18 Å². The normalized spacial score (nSPS) is 19.2. The lowest BCUT2D eigenvalue weighted by Crippen LogP contribution is -2.47. The van der Waals surface area contributed by atoms with Gasteiger partial charge in [0.25, 0.3) is 0 Å². The van der Waals surface area contributed by atoms with Crippen molar-refractivity contribution in [3.63, 3.8) is 0 Å². The number of carbonyl (C=O) groups is 1. The highest BCUT2D eigenvalue weighted by molar-refractivity contribution is 5.81. The van der Waals surface area contributed by atoms with Crippen molar-refractivity contribution in [2.75, 3.05) is 13.1 Å². The number of rotatable bonds is 4. The van der Waals surface area contributed by atoms with Crippen LogP contribution in [-0.2, 0) is 11.2 Å². The standard InChI is InChI=1S/C15H21FN2O/c1-11-10-13(16)6-5-12(11)7-9-18-15(19)14-4-2-3-8-17-14/h5-6,10,14,17H,2-4,7-9H2,1H3,(H,18,19)/t14-/m0/s1. The fourth-order valence-corrected chi connectivity index (χ4v) is 2.46. The average molecular weight is 264 g/mol. The van der Waals surface area contributed by atoms with Crippen LogP contribution in [0.15, 0.2) is 18.2 Å². The maximum Gasteiger partial charge on any atom is 0.237 e. The van der Waals surface area contributed by atoms with E-state index in [0.717, 1.165) is 43.4 Å². The molecule has 1 aliphatic heterocycles. The molecular formula is C15H21FN2O. The van der Waals surface area contributed by atoms with Crippen LogP contribution in [0.25, 0.3) is 0 Å². The molecule has 19 heavy (non-hydrogen) atoms. The second-order valence-corrected chi connectivity index (χ2v) is 5.11. The van der Waals surface area contributed by atoms with E-state index in [-0.39, 0.29) is 17.8 Å². The summed E-state index contributed by atoms with van der Waals surface area (Å²) in [6.45, 7) is 3.42. The van der Waals surface area contributed by atoms with Crippen LogP contribution in [0.5, 0.6) is 0 Å². The molecule has 3 nitrogen and oxygen atoms in total. The smallest absolute Gasteiger partial charge is 0.237 e. The van der Waals surface area contributed by atoms with Crippen LogP contribution >= 0.6 is 0 Å². The first kappa shape index (κ1) is 14.0. The van der Waals surface area contributed by atoms with E-state index in [0.29, 0.717) is 6.54 Å². The van der Waals surface area contributed by atoms with Gasteiger partial charge in [-0.3, -0.25) is 4.79 Å². The molecule has 0 aliphatic carbocycles. The second-order valence-electron chi connectivity index (χ2n) is 5.11.